The molecule has 9 heteroatoms. The van der Waals surface area contributed by atoms with Gasteiger partial charge in [0.05, 0.1) is 29.1 Å². The summed E-state index contributed by atoms with van der Waals surface area (Å²) in [6.45, 7) is 12.4. The van der Waals surface area contributed by atoms with Crippen molar-refractivity contribution in [2.24, 2.45) is 5.92 Å². The molecule has 0 saturated carbocycles. The summed E-state index contributed by atoms with van der Waals surface area (Å²) in [5.41, 5.74) is 3.72. The lowest BCUT2D eigenvalue weighted by molar-refractivity contribution is 0.342. The monoisotopic (exact) mass is 539 g/mol. The van der Waals surface area contributed by atoms with Crippen LogP contribution in [0.2, 0.25) is 5.02 Å². The summed E-state index contributed by atoms with van der Waals surface area (Å²) in [7, 11) is -2.50. The van der Waals surface area contributed by atoms with Gasteiger partial charge in [0, 0.05) is 30.6 Å². The smallest absolute Gasteiger partial charge is 0.229 e. The number of hydrogen-bond acceptors (Lipinski definition) is 7. The lowest BCUT2D eigenvalue weighted by Gasteiger charge is -2.20. The van der Waals surface area contributed by atoms with E-state index in [0.29, 0.717) is 45.5 Å². The second-order valence-electron chi connectivity index (χ2n) is 9.54. The largest absolute Gasteiger partial charge is 0.492 e. The molecule has 4 rings (SSSR count). The molecule has 1 saturated heterocycles. The summed E-state index contributed by atoms with van der Waals surface area (Å²) >= 11 is 6.45. The molecule has 2 N–H and O–H groups in total. The third-order valence-electron chi connectivity index (χ3n) is 5.91. The van der Waals surface area contributed by atoms with Crippen LogP contribution in [0.5, 0.6) is 5.75 Å². The predicted molar refractivity (Wildman–Crippen MR) is 157 cm³/mol. The van der Waals surface area contributed by atoms with Crippen molar-refractivity contribution in [3.8, 4) is 5.75 Å². The van der Waals surface area contributed by atoms with Crippen LogP contribution in [0.3, 0.4) is 0 Å². The average Bonchev–Trinajstić information content (AvgIpc) is 3.28. The van der Waals surface area contributed by atoms with Crippen molar-refractivity contribution in [2.45, 2.75) is 32.1 Å². The van der Waals surface area contributed by atoms with Crippen LogP contribution in [0.15, 0.2) is 65.7 Å². The molecular formula is C28H34ClN5O2S. The first-order chi connectivity index (χ1) is 17.7. The minimum Gasteiger partial charge on any atom is -0.492 e. The Labute approximate surface area is 224 Å². The zero-order valence-electron chi connectivity index (χ0n) is 21.6. The van der Waals surface area contributed by atoms with Crippen LogP contribution in [0.25, 0.3) is 0 Å². The average molecular weight is 540 g/mol. The minimum atomic E-state index is -2.50. The Hall–Kier alpha value is -3.23. The third kappa shape index (κ3) is 6.56. The normalized spacial score (nSPS) is 15.1. The summed E-state index contributed by atoms with van der Waals surface area (Å²) in [5, 5.41) is 6.85. The molecule has 1 unspecified atom stereocenters. The van der Waals surface area contributed by atoms with Crippen molar-refractivity contribution in [1.29, 1.82) is 0 Å². The maximum absolute atomic E-state index is 13.4. The third-order valence-corrected chi connectivity index (χ3v) is 8.55. The summed E-state index contributed by atoms with van der Waals surface area (Å²) in [4.78, 5) is 11.9. The standard InChI is InChI=1S/C28H34ClN5O2S/c1-6-36-25-15-21(34-14-13-20(4)17-34)11-12-23(25)32-28-30-16-22(29)27(33-28)31-24-9-7-8-10-26(24)37(5,35)18-19(2)3/h7-12,15-16,19H,4-6,13-14,17-18H2,1-3H3,(H2,30,31,32,33). The van der Waals surface area contributed by atoms with E-state index in [1.54, 1.807) is 0 Å². The number of rotatable bonds is 10. The SMILES string of the molecule is C=C1CCN(c2ccc(Nc3ncc(Cl)c(Nc4ccccc4S(=C)(=O)CC(C)C)n3)c(OCC)c2)C1. The summed E-state index contributed by atoms with van der Waals surface area (Å²) in [6.07, 6.45) is 2.53. The lowest BCUT2D eigenvalue weighted by Crippen LogP contribution is -2.18. The molecule has 37 heavy (non-hydrogen) atoms. The fourth-order valence-electron chi connectivity index (χ4n) is 4.31. The number of para-hydroxylation sites is 1. The van der Waals surface area contributed by atoms with Crippen LogP contribution >= 0.6 is 11.6 Å². The molecule has 0 amide bonds. The highest BCUT2D eigenvalue weighted by molar-refractivity contribution is 8.00. The molecule has 0 radical (unpaired) electrons. The van der Waals surface area contributed by atoms with Gasteiger partial charge in [0.2, 0.25) is 5.95 Å². The fraction of sp³-hybridized carbons (Fsp3) is 0.321. The molecule has 1 aliphatic rings. The number of hydrogen-bond donors (Lipinski definition) is 2. The van der Waals surface area contributed by atoms with Gasteiger partial charge in [-0.05, 0) is 58.9 Å². The summed E-state index contributed by atoms with van der Waals surface area (Å²) < 4.78 is 19.3. The number of aromatic nitrogens is 2. The topological polar surface area (TPSA) is 79.4 Å². The van der Waals surface area contributed by atoms with Gasteiger partial charge in [0.25, 0.3) is 0 Å². The Morgan fingerprint density at radius 3 is 2.68 bits per heavy atom. The number of nitrogens with one attached hydrogen (secondary N) is 2. The van der Waals surface area contributed by atoms with Crippen molar-refractivity contribution in [2.75, 3.05) is 41.0 Å². The van der Waals surface area contributed by atoms with Gasteiger partial charge in [-0.25, -0.2) is 4.98 Å². The van der Waals surface area contributed by atoms with E-state index in [1.807, 2.05) is 63.2 Å². The van der Waals surface area contributed by atoms with E-state index in [9.17, 15) is 4.21 Å². The first-order valence-electron chi connectivity index (χ1n) is 12.3. The predicted octanol–water partition coefficient (Wildman–Crippen LogP) is 6.51. The molecule has 1 fully saturated rings. The second-order valence-corrected chi connectivity index (χ2v) is 12.3. The number of ether oxygens (including phenoxy) is 1. The van der Waals surface area contributed by atoms with Crippen LogP contribution in [0, 0.1) is 5.92 Å². The maximum Gasteiger partial charge on any atom is 0.229 e. The van der Waals surface area contributed by atoms with E-state index >= 15 is 0 Å². The molecule has 0 spiro atoms. The van der Waals surface area contributed by atoms with Gasteiger partial charge in [0.15, 0.2) is 5.82 Å². The summed E-state index contributed by atoms with van der Waals surface area (Å²) in [5.74, 6) is 6.22. The van der Waals surface area contributed by atoms with E-state index in [1.165, 1.54) is 11.8 Å². The van der Waals surface area contributed by atoms with E-state index in [-0.39, 0.29) is 5.92 Å². The molecule has 1 aliphatic heterocycles. The Morgan fingerprint density at radius 1 is 1.19 bits per heavy atom. The molecule has 2 heterocycles. The molecule has 1 aromatic heterocycles. The van der Waals surface area contributed by atoms with Gasteiger partial charge >= 0.3 is 0 Å². The lowest BCUT2D eigenvalue weighted by atomic mass is 10.2. The van der Waals surface area contributed by atoms with Gasteiger partial charge in [0.1, 0.15) is 10.8 Å². The Morgan fingerprint density at radius 2 is 1.97 bits per heavy atom. The molecule has 2 aromatic carbocycles. The zero-order valence-corrected chi connectivity index (χ0v) is 23.2. The first-order valence-corrected chi connectivity index (χ1v) is 14.6. The van der Waals surface area contributed by atoms with E-state index < -0.39 is 9.52 Å². The van der Waals surface area contributed by atoms with Crippen LogP contribution < -0.4 is 20.3 Å². The van der Waals surface area contributed by atoms with E-state index in [0.717, 1.165) is 30.9 Å². The van der Waals surface area contributed by atoms with E-state index in [2.05, 4.69) is 38.0 Å². The van der Waals surface area contributed by atoms with Crippen molar-refractivity contribution < 1.29 is 8.95 Å². The van der Waals surface area contributed by atoms with Gasteiger partial charge in [-0.1, -0.05) is 49.7 Å². The van der Waals surface area contributed by atoms with Crippen molar-refractivity contribution in [1.82, 2.24) is 9.97 Å². The molecule has 1 atom stereocenters. The highest BCUT2D eigenvalue weighted by Crippen LogP contribution is 2.35. The van der Waals surface area contributed by atoms with Gasteiger partial charge < -0.3 is 20.3 Å². The van der Waals surface area contributed by atoms with Crippen molar-refractivity contribution in [3.05, 3.63) is 65.8 Å². The van der Waals surface area contributed by atoms with Crippen LogP contribution in [0.4, 0.5) is 28.8 Å². The highest BCUT2D eigenvalue weighted by atomic mass is 35.5. The van der Waals surface area contributed by atoms with Gasteiger partial charge in [-0.15, -0.1) is 0 Å². The number of nitrogens with zero attached hydrogens (tertiary/aromatic N) is 3. The van der Waals surface area contributed by atoms with Gasteiger partial charge in [-0.2, -0.15) is 4.98 Å². The molecule has 3 aromatic rings. The number of benzene rings is 2. The first kappa shape index (κ1) is 26.8. The summed E-state index contributed by atoms with van der Waals surface area (Å²) in [6, 6.07) is 13.5. The minimum absolute atomic E-state index is 0.242. The van der Waals surface area contributed by atoms with Crippen molar-refractivity contribution in [3.63, 3.8) is 0 Å². The molecule has 196 valence electrons. The van der Waals surface area contributed by atoms with Crippen molar-refractivity contribution >= 4 is 55.8 Å². The maximum atomic E-state index is 13.4. The molecule has 7 nitrogen and oxygen atoms in total. The van der Waals surface area contributed by atoms with Gasteiger partial charge in [-0.3, -0.25) is 4.21 Å². The molecule has 0 bridgehead atoms. The fourth-order valence-corrected chi connectivity index (χ4v) is 6.55. The highest BCUT2D eigenvalue weighted by Gasteiger charge is 2.19. The van der Waals surface area contributed by atoms with Crippen LogP contribution in [0.1, 0.15) is 27.2 Å². The van der Waals surface area contributed by atoms with Crippen LogP contribution in [-0.2, 0) is 9.52 Å². The molecular weight excluding hydrogens is 506 g/mol. The number of halogens is 1. The van der Waals surface area contributed by atoms with E-state index in [4.69, 9.17) is 16.3 Å². The van der Waals surface area contributed by atoms with Crippen LogP contribution in [-0.4, -0.2) is 45.5 Å². The molecule has 0 aliphatic carbocycles. The Bertz CT molecular complexity index is 1390. The zero-order chi connectivity index (χ0) is 26.6. The second kappa shape index (κ2) is 11.4. The Balaban J connectivity index is 1.60. The Kier molecular flexibility index (Phi) is 8.29. The number of anilines is 5. The quantitative estimate of drug-likeness (QED) is 0.224.